The summed E-state index contributed by atoms with van der Waals surface area (Å²) in [7, 11) is -3.49. The summed E-state index contributed by atoms with van der Waals surface area (Å²) in [5.41, 5.74) is 7.03. The zero-order chi connectivity index (χ0) is 15.1. The minimum absolute atomic E-state index is 0.0246. The monoisotopic (exact) mass is 360 g/mol. The van der Waals surface area contributed by atoms with E-state index in [4.69, 9.17) is 5.73 Å². The van der Waals surface area contributed by atoms with E-state index in [9.17, 15) is 8.42 Å². The summed E-state index contributed by atoms with van der Waals surface area (Å²) in [6.07, 6.45) is 1.95. The van der Waals surface area contributed by atoms with Gasteiger partial charge < -0.3 is 5.73 Å². The second-order valence-electron chi connectivity index (χ2n) is 6.22. The van der Waals surface area contributed by atoms with Crippen LogP contribution in [0.1, 0.15) is 32.3 Å². The molecule has 0 saturated carbocycles. The van der Waals surface area contributed by atoms with Crippen molar-refractivity contribution in [2.45, 2.75) is 38.5 Å². The van der Waals surface area contributed by atoms with Crippen molar-refractivity contribution in [1.29, 1.82) is 0 Å². The molecule has 1 aromatic rings. The second-order valence-corrected chi connectivity index (χ2v) is 9.05. The molecule has 0 amide bonds. The van der Waals surface area contributed by atoms with E-state index in [0.29, 0.717) is 33.7 Å². The van der Waals surface area contributed by atoms with Crippen molar-refractivity contribution in [2.75, 3.05) is 18.8 Å². The smallest absolute Gasteiger partial charge is 0.243 e. The summed E-state index contributed by atoms with van der Waals surface area (Å²) in [5.74, 6) is 0. The molecular formula is C14H21BrN2O2S. The third-order valence-corrected chi connectivity index (χ3v) is 6.28. The molecule has 0 unspecified atom stereocenters. The molecule has 2 N–H and O–H groups in total. The maximum atomic E-state index is 12.8. The summed E-state index contributed by atoms with van der Waals surface area (Å²) in [6, 6.07) is 3.37. The molecule has 0 aliphatic carbocycles. The van der Waals surface area contributed by atoms with Crippen LogP contribution < -0.4 is 5.73 Å². The Bertz CT molecular complexity index is 626. The Kier molecular flexibility index (Phi) is 4.19. The van der Waals surface area contributed by atoms with Gasteiger partial charge in [-0.3, -0.25) is 0 Å². The highest BCUT2D eigenvalue weighted by molar-refractivity contribution is 9.10. The van der Waals surface area contributed by atoms with E-state index in [1.165, 1.54) is 0 Å². The van der Waals surface area contributed by atoms with Crippen LogP contribution in [0.2, 0.25) is 0 Å². The SMILES string of the molecule is Cc1c(N)cc(Br)cc1S(=O)(=O)N1CCCC(C)(C)C1. The fourth-order valence-electron chi connectivity index (χ4n) is 2.66. The van der Waals surface area contributed by atoms with Gasteiger partial charge in [0.05, 0.1) is 4.90 Å². The van der Waals surface area contributed by atoms with Gasteiger partial charge >= 0.3 is 0 Å². The summed E-state index contributed by atoms with van der Waals surface area (Å²) in [5, 5.41) is 0. The largest absolute Gasteiger partial charge is 0.398 e. The van der Waals surface area contributed by atoms with Gasteiger partial charge in [0.2, 0.25) is 10.0 Å². The lowest BCUT2D eigenvalue weighted by Crippen LogP contribution is -2.43. The topological polar surface area (TPSA) is 63.4 Å². The first-order chi connectivity index (χ1) is 9.13. The zero-order valence-electron chi connectivity index (χ0n) is 12.1. The summed E-state index contributed by atoms with van der Waals surface area (Å²) < 4.78 is 28.0. The van der Waals surface area contributed by atoms with Crippen molar-refractivity contribution in [2.24, 2.45) is 5.41 Å². The van der Waals surface area contributed by atoms with E-state index >= 15 is 0 Å². The van der Waals surface area contributed by atoms with Gasteiger partial charge in [-0.2, -0.15) is 4.31 Å². The predicted octanol–water partition coefficient (Wildman–Crippen LogP) is 3.15. The van der Waals surface area contributed by atoms with Crippen LogP contribution in [0.3, 0.4) is 0 Å². The molecule has 1 aliphatic heterocycles. The van der Waals surface area contributed by atoms with Crippen molar-refractivity contribution in [3.8, 4) is 0 Å². The Morgan fingerprint density at radius 1 is 1.35 bits per heavy atom. The van der Waals surface area contributed by atoms with Gasteiger partial charge in [0.15, 0.2) is 0 Å². The van der Waals surface area contributed by atoms with E-state index in [1.54, 1.807) is 23.4 Å². The Morgan fingerprint density at radius 3 is 2.60 bits per heavy atom. The maximum absolute atomic E-state index is 12.8. The van der Waals surface area contributed by atoms with Gasteiger partial charge in [0, 0.05) is 23.2 Å². The third kappa shape index (κ3) is 3.02. The molecule has 0 atom stereocenters. The molecule has 0 radical (unpaired) electrons. The highest BCUT2D eigenvalue weighted by Crippen LogP contribution is 2.34. The lowest BCUT2D eigenvalue weighted by Gasteiger charge is -2.37. The number of nitrogen functional groups attached to an aromatic ring is 1. The van der Waals surface area contributed by atoms with Crippen LogP contribution in [0.25, 0.3) is 0 Å². The number of rotatable bonds is 2. The lowest BCUT2D eigenvalue weighted by molar-refractivity contribution is 0.187. The fourth-order valence-corrected chi connectivity index (χ4v) is 5.23. The summed E-state index contributed by atoms with van der Waals surface area (Å²) in [4.78, 5) is 0.307. The van der Waals surface area contributed by atoms with Gasteiger partial charge in [-0.15, -0.1) is 0 Å². The zero-order valence-corrected chi connectivity index (χ0v) is 14.5. The van der Waals surface area contributed by atoms with E-state index in [0.717, 1.165) is 12.8 Å². The molecule has 1 saturated heterocycles. The van der Waals surface area contributed by atoms with Gasteiger partial charge in [-0.1, -0.05) is 29.8 Å². The fraction of sp³-hybridized carbons (Fsp3) is 0.571. The normalized spacial score (nSPS) is 20.0. The number of hydrogen-bond donors (Lipinski definition) is 1. The summed E-state index contributed by atoms with van der Waals surface area (Å²) >= 11 is 3.32. The number of sulfonamides is 1. The minimum Gasteiger partial charge on any atom is -0.398 e. The van der Waals surface area contributed by atoms with Gasteiger partial charge in [0.25, 0.3) is 0 Å². The van der Waals surface area contributed by atoms with Crippen LogP contribution in [0.5, 0.6) is 0 Å². The number of hydrogen-bond acceptors (Lipinski definition) is 3. The quantitative estimate of drug-likeness (QED) is 0.823. The molecule has 4 nitrogen and oxygen atoms in total. The van der Waals surface area contributed by atoms with Crippen molar-refractivity contribution in [1.82, 2.24) is 4.31 Å². The van der Waals surface area contributed by atoms with Gasteiger partial charge in [-0.25, -0.2) is 8.42 Å². The molecule has 2 rings (SSSR count). The molecule has 6 heteroatoms. The van der Waals surface area contributed by atoms with Gasteiger partial charge in [0.1, 0.15) is 0 Å². The lowest BCUT2D eigenvalue weighted by atomic mass is 9.85. The van der Waals surface area contributed by atoms with E-state index < -0.39 is 10.0 Å². The van der Waals surface area contributed by atoms with Crippen LogP contribution in [0, 0.1) is 12.3 Å². The Hall–Kier alpha value is -0.590. The molecule has 1 aliphatic rings. The Labute approximate surface area is 129 Å². The number of piperidine rings is 1. The molecule has 112 valence electrons. The minimum atomic E-state index is -3.49. The highest BCUT2D eigenvalue weighted by atomic mass is 79.9. The van der Waals surface area contributed by atoms with E-state index in [-0.39, 0.29) is 5.41 Å². The van der Waals surface area contributed by atoms with Crippen LogP contribution >= 0.6 is 15.9 Å². The Balaban J connectivity index is 2.46. The molecule has 20 heavy (non-hydrogen) atoms. The van der Waals surface area contributed by atoms with Crippen molar-refractivity contribution >= 4 is 31.6 Å². The number of nitrogens with zero attached hydrogens (tertiary/aromatic N) is 1. The standard InChI is InChI=1S/C14H21BrN2O2S/c1-10-12(16)7-11(15)8-13(10)20(18,19)17-6-4-5-14(2,3)9-17/h7-8H,4-6,9,16H2,1-3H3. The Morgan fingerprint density at radius 2 is 2.00 bits per heavy atom. The van der Waals surface area contributed by atoms with Crippen LogP contribution in [0.15, 0.2) is 21.5 Å². The second kappa shape index (κ2) is 5.31. The van der Waals surface area contributed by atoms with Crippen molar-refractivity contribution in [3.05, 3.63) is 22.2 Å². The van der Waals surface area contributed by atoms with Crippen molar-refractivity contribution in [3.63, 3.8) is 0 Å². The molecule has 1 fully saturated rings. The molecule has 0 aromatic heterocycles. The third-order valence-electron chi connectivity index (χ3n) is 3.85. The molecule has 0 bridgehead atoms. The van der Waals surface area contributed by atoms with E-state index in [1.807, 2.05) is 0 Å². The summed E-state index contributed by atoms with van der Waals surface area (Å²) in [6.45, 7) is 7.11. The maximum Gasteiger partial charge on any atom is 0.243 e. The number of halogens is 1. The predicted molar refractivity (Wildman–Crippen MR) is 85.1 cm³/mol. The average Bonchev–Trinajstić information content (AvgIpc) is 2.32. The highest BCUT2D eigenvalue weighted by Gasteiger charge is 2.35. The van der Waals surface area contributed by atoms with Crippen LogP contribution in [0.4, 0.5) is 5.69 Å². The first kappa shape index (κ1) is 15.8. The van der Waals surface area contributed by atoms with E-state index in [2.05, 4.69) is 29.8 Å². The molecule has 1 aromatic carbocycles. The van der Waals surface area contributed by atoms with Crippen molar-refractivity contribution < 1.29 is 8.42 Å². The first-order valence-corrected chi connectivity index (χ1v) is 8.93. The molecule has 0 spiro atoms. The van der Waals surface area contributed by atoms with Crippen LogP contribution in [-0.4, -0.2) is 25.8 Å². The average molecular weight is 361 g/mol. The molecule has 1 heterocycles. The first-order valence-electron chi connectivity index (χ1n) is 6.69. The van der Waals surface area contributed by atoms with Crippen LogP contribution in [-0.2, 0) is 10.0 Å². The molecular weight excluding hydrogens is 340 g/mol. The van der Waals surface area contributed by atoms with Gasteiger partial charge in [-0.05, 0) is 42.9 Å². The number of nitrogens with two attached hydrogens (primary N) is 1. The number of benzene rings is 1. The number of anilines is 1.